The number of rotatable bonds is 4. The molecule has 2 atom stereocenters. The van der Waals surface area contributed by atoms with Crippen LogP contribution in [-0.4, -0.2) is 41.9 Å². The van der Waals surface area contributed by atoms with E-state index in [0.29, 0.717) is 11.3 Å². The minimum absolute atomic E-state index is 0.132. The van der Waals surface area contributed by atoms with E-state index >= 15 is 0 Å². The first-order valence-corrected chi connectivity index (χ1v) is 9.41. The number of nitrogens with zero attached hydrogens (tertiary/aromatic N) is 1. The van der Waals surface area contributed by atoms with Crippen LogP contribution in [0, 0.1) is 10.8 Å². The van der Waals surface area contributed by atoms with Gasteiger partial charge in [-0.25, -0.2) is 4.79 Å². The molecule has 1 saturated carbocycles. The Hall–Kier alpha value is -2.37. The van der Waals surface area contributed by atoms with Gasteiger partial charge in [0.2, 0.25) is 5.91 Å². The standard InChI is InChI=1S/C21H28N2O4/c1-14(24)22-16-7-5-6-15(8-16)19(26)27-11-18(25)23-13-21(4)10-17(23)9-20(2,3)12-21/h5-8,17H,9-13H2,1-4H3,(H,22,24)/t17-,21-/m1/s1. The molecular formula is C21H28N2O4. The zero-order chi connectivity index (χ0) is 19.8. The van der Waals surface area contributed by atoms with Gasteiger partial charge in [0.25, 0.3) is 5.91 Å². The number of amides is 2. The van der Waals surface area contributed by atoms with Gasteiger partial charge in [0.15, 0.2) is 6.61 Å². The molecule has 1 aliphatic carbocycles. The van der Waals surface area contributed by atoms with Gasteiger partial charge in [0.05, 0.1) is 5.56 Å². The first-order valence-electron chi connectivity index (χ1n) is 9.41. The normalized spacial score (nSPS) is 25.8. The van der Waals surface area contributed by atoms with Crippen molar-refractivity contribution in [2.24, 2.45) is 10.8 Å². The van der Waals surface area contributed by atoms with Crippen LogP contribution in [0.4, 0.5) is 5.69 Å². The highest BCUT2D eigenvalue weighted by Crippen LogP contribution is 2.52. The number of likely N-dealkylation sites (tertiary alicyclic amines) is 1. The number of carbonyl (C=O) groups is 3. The molecule has 1 heterocycles. The number of fused-ring (bicyclic) bond motifs is 2. The first-order chi connectivity index (χ1) is 12.6. The van der Waals surface area contributed by atoms with Crippen LogP contribution in [0.25, 0.3) is 0 Å². The van der Waals surface area contributed by atoms with E-state index in [2.05, 4.69) is 26.1 Å². The minimum atomic E-state index is -0.565. The maximum absolute atomic E-state index is 12.7. The molecule has 2 bridgehead atoms. The average molecular weight is 372 g/mol. The van der Waals surface area contributed by atoms with Gasteiger partial charge in [0.1, 0.15) is 0 Å². The topological polar surface area (TPSA) is 75.7 Å². The fraction of sp³-hybridized carbons (Fsp3) is 0.571. The molecule has 1 aromatic carbocycles. The summed E-state index contributed by atoms with van der Waals surface area (Å²) in [5.74, 6) is -0.913. The summed E-state index contributed by atoms with van der Waals surface area (Å²) in [5, 5.41) is 2.62. The van der Waals surface area contributed by atoms with Gasteiger partial charge >= 0.3 is 5.97 Å². The number of hydrogen-bond donors (Lipinski definition) is 1. The van der Waals surface area contributed by atoms with Crippen LogP contribution in [-0.2, 0) is 14.3 Å². The van der Waals surface area contributed by atoms with Crippen molar-refractivity contribution in [3.63, 3.8) is 0 Å². The van der Waals surface area contributed by atoms with Crippen molar-refractivity contribution >= 4 is 23.5 Å². The fourth-order valence-electron chi connectivity index (χ4n) is 4.97. The second-order valence-electron chi connectivity index (χ2n) is 9.07. The molecule has 1 saturated heterocycles. The highest BCUT2D eigenvalue weighted by Gasteiger charge is 2.50. The maximum Gasteiger partial charge on any atom is 0.338 e. The lowest BCUT2D eigenvalue weighted by Gasteiger charge is -2.39. The number of benzene rings is 1. The summed E-state index contributed by atoms with van der Waals surface area (Å²) in [4.78, 5) is 38.0. The van der Waals surface area contributed by atoms with Crippen molar-refractivity contribution in [1.82, 2.24) is 4.90 Å². The van der Waals surface area contributed by atoms with Crippen LogP contribution in [0.15, 0.2) is 24.3 Å². The maximum atomic E-state index is 12.7. The molecule has 2 amide bonds. The Kier molecular flexibility index (Phi) is 5.02. The largest absolute Gasteiger partial charge is 0.452 e. The Morgan fingerprint density at radius 2 is 1.96 bits per heavy atom. The number of hydrogen-bond acceptors (Lipinski definition) is 4. The summed E-state index contributed by atoms with van der Waals surface area (Å²) in [7, 11) is 0. The lowest BCUT2D eigenvalue weighted by molar-refractivity contribution is -0.135. The Morgan fingerprint density at radius 3 is 2.67 bits per heavy atom. The van der Waals surface area contributed by atoms with Gasteiger partial charge in [-0.2, -0.15) is 0 Å². The molecule has 0 spiro atoms. The van der Waals surface area contributed by atoms with Crippen LogP contribution < -0.4 is 5.32 Å². The summed E-state index contributed by atoms with van der Waals surface area (Å²) in [6.07, 6.45) is 3.12. The highest BCUT2D eigenvalue weighted by molar-refractivity contribution is 5.94. The minimum Gasteiger partial charge on any atom is -0.452 e. The number of anilines is 1. The Morgan fingerprint density at radius 1 is 1.22 bits per heavy atom. The van der Waals surface area contributed by atoms with Crippen LogP contribution in [0.3, 0.4) is 0 Å². The van der Waals surface area contributed by atoms with Crippen molar-refractivity contribution in [2.75, 3.05) is 18.5 Å². The van der Waals surface area contributed by atoms with E-state index in [1.54, 1.807) is 24.3 Å². The predicted octanol–water partition coefficient (Wildman–Crippen LogP) is 3.23. The third kappa shape index (κ3) is 4.49. The fourth-order valence-corrected chi connectivity index (χ4v) is 4.97. The molecular weight excluding hydrogens is 344 g/mol. The van der Waals surface area contributed by atoms with Crippen LogP contribution in [0.5, 0.6) is 0 Å². The first kappa shape index (κ1) is 19.4. The van der Waals surface area contributed by atoms with E-state index in [1.807, 2.05) is 4.90 Å². The van der Waals surface area contributed by atoms with Crippen molar-refractivity contribution < 1.29 is 19.1 Å². The second-order valence-corrected chi connectivity index (χ2v) is 9.07. The summed E-state index contributed by atoms with van der Waals surface area (Å²) >= 11 is 0. The van der Waals surface area contributed by atoms with Gasteiger partial charge < -0.3 is 15.0 Å². The molecule has 0 unspecified atom stereocenters. The molecule has 0 radical (unpaired) electrons. The molecule has 3 rings (SSSR count). The number of ether oxygens (including phenoxy) is 1. The molecule has 1 aliphatic heterocycles. The smallest absolute Gasteiger partial charge is 0.338 e. The van der Waals surface area contributed by atoms with Crippen molar-refractivity contribution in [2.45, 2.75) is 53.0 Å². The average Bonchev–Trinajstić information content (AvgIpc) is 2.81. The molecule has 1 aromatic rings. The molecule has 2 fully saturated rings. The van der Waals surface area contributed by atoms with Crippen molar-refractivity contribution in [1.29, 1.82) is 0 Å². The third-order valence-electron chi connectivity index (χ3n) is 5.48. The summed E-state index contributed by atoms with van der Waals surface area (Å²) < 4.78 is 5.25. The summed E-state index contributed by atoms with van der Waals surface area (Å²) in [6, 6.07) is 6.73. The molecule has 1 N–H and O–H groups in total. The SMILES string of the molecule is CC(=O)Nc1cccc(C(=O)OCC(=O)N2C[C@]3(C)C[C@H]2CC(C)(C)C3)c1. The summed E-state index contributed by atoms with van der Waals surface area (Å²) in [6.45, 7) is 8.64. The van der Waals surface area contributed by atoms with E-state index in [4.69, 9.17) is 4.74 Å². The number of esters is 1. The monoisotopic (exact) mass is 372 g/mol. The zero-order valence-electron chi connectivity index (χ0n) is 16.5. The van der Waals surface area contributed by atoms with Crippen LogP contribution >= 0.6 is 0 Å². The third-order valence-corrected chi connectivity index (χ3v) is 5.48. The molecule has 6 heteroatoms. The molecule has 0 aromatic heterocycles. The van der Waals surface area contributed by atoms with Crippen LogP contribution in [0.1, 0.15) is 57.3 Å². The van der Waals surface area contributed by atoms with Gasteiger partial charge in [-0.15, -0.1) is 0 Å². The second kappa shape index (κ2) is 6.98. The van der Waals surface area contributed by atoms with E-state index in [1.165, 1.54) is 6.92 Å². The Bertz CT molecular complexity index is 773. The van der Waals surface area contributed by atoms with Gasteiger partial charge in [-0.1, -0.05) is 26.8 Å². The molecule has 27 heavy (non-hydrogen) atoms. The molecule has 2 aliphatic rings. The number of carbonyl (C=O) groups excluding carboxylic acids is 3. The molecule has 6 nitrogen and oxygen atoms in total. The van der Waals surface area contributed by atoms with Crippen LogP contribution in [0.2, 0.25) is 0 Å². The van der Waals surface area contributed by atoms with Gasteiger partial charge in [-0.05, 0) is 48.3 Å². The molecule has 146 valence electrons. The van der Waals surface area contributed by atoms with E-state index in [-0.39, 0.29) is 35.3 Å². The van der Waals surface area contributed by atoms with Gasteiger partial charge in [-0.3, -0.25) is 9.59 Å². The summed E-state index contributed by atoms with van der Waals surface area (Å²) in [5.41, 5.74) is 1.21. The lowest BCUT2D eigenvalue weighted by atomic mass is 9.65. The van der Waals surface area contributed by atoms with E-state index in [0.717, 1.165) is 25.8 Å². The van der Waals surface area contributed by atoms with Crippen molar-refractivity contribution in [3.05, 3.63) is 29.8 Å². The predicted molar refractivity (Wildman–Crippen MR) is 102 cm³/mol. The highest BCUT2D eigenvalue weighted by atomic mass is 16.5. The Labute approximate surface area is 160 Å². The van der Waals surface area contributed by atoms with Gasteiger partial charge in [0, 0.05) is 25.2 Å². The Balaban J connectivity index is 1.60. The number of nitrogens with one attached hydrogen (secondary N) is 1. The zero-order valence-corrected chi connectivity index (χ0v) is 16.5. The quantitative estimate of drug-likeness (QED) is 0.824. The van der Waals surface area contributed by atoms with Crippen molar-refractivity contribution in [3.8, 4) is 0 Å². The lowest BCUT2D eigenvalue weighted by Crippen LogP contribution is -2.39. The van der Waals surface area contributed by atoms with E-state index in [9.17, 15) is 14.4 Å². The van der Waals surface area contributed by atoms with E-state index < -0.39 is 5.97 Å².